The van der Waals surface area contributed by atoms with Crippen LogP contribution in [0.15, 0.2) is 83.8 Å². The van der Waals surface area contributed by atoms with Crippen LogP contribution in [0.2, 0.25) is 0 Å². The number of benzene rings is 3. The van der Waals surface area contributed by atoms with Crippen molar-refractivity contribution in [3.8, 4) is 0 Å². The molecular weight excluding hydrogens is 420 g/mol. The van der Waals surface area contributed by atoms with Crippen LogP contribution in [0.1, 0.15) is 30.0 Å². The van der Waals surface area contributed by atoms with Crippen molar-refractivity contribution >= 4 is 21.6 Å². The first-order chi connectivity index (χ1) is 15.3. The number of hydrogen-bond acceptors (Lipinski definition) is 3. The summed E-state index contributed by atoms with van der Waals surface area (Å²) < 4.78 is 28.2. The number of carbonyl (C=O) groups is 1. The molecule has 0 aliphatic heterocycles. The van der Waals surface area contributed by atoms with Crippen LogP contribution in [0.5, 0.6) is 0 Å². The van der Waals surface area contributed by atoms with Crippen molar-refractivity contribution in [2.24, 2.45) is 0 Å². The lowest BCUT2D eigenvalue weighted by molar-refractivity contribution is -0.120. The van der Waals surface area contributed by atoms with Gasteiger partial charge in [0.1, 0.15) is 6.54 Å². The van der Waals surface area contributed by atoms with E-state index in [0.717, 1.165) is 24.0 Å². The number of rotatable bonds is 9. The van der Waals surface area contributed by atoms with Gasteiger partial charge in [-0.15, -0.1) is 0 Å². The molecule has 168 valence electrons. The number of nitrogens with one attached hydrogen (secondary N) is 1. The molecule has 0 spiro atoms. The van der Waals surface area contributed by atoms with E-state index in [0.29, 0.717) is 5.69 Å². The summed E-state index contributed by atoms with van der Waals surface area (Å²) in [7, 11) is -3.91. The Morgan fingerprint density at radius 3 is 2.19 bits per heavy atom. The fourth-order valence-electron chi connectivity index (χ4n) is 3.58. The number of aryl methyl sites for hydroxylation is 2. The van der Waals surface area contributed by atoms with Gasteiger partial charge in [-0.1, -0.05) is 60.7 Å². The minimum atomic E-state index is -3.91. The molecule has 3 rings (SSSR count). The van der Waals surface area contributed by atoms with Crippen LogP contribution < -0.4 is 9.62 Å². The van der Waals surface area contributed by atoms with Crippen molar-refractivity contribution in [2.45, 2.75) is 44.6 Å². The third-order valence-electron chi connectivity index (χ3n) is 5.58. The third kappa shape index (κ3) is 5.77. The zero-order valence-electron chi connectivity index (χ0n) is 18.8. The normalized spacial score (nSPS) is 12.2. The van der Waals surface area contributed by atoms with E-state index < -0.39 is 10.0 Å². The molecule has 0 aliphatic carbocycles. The number of carbonyl (C=O) groups excluding carboxylic acids is 1. The van der Waals surface area contributed by atoms with E-state index in [4.69, 9.17) is 0 Å². The predicted octanol–water partition coefficient (Wildman–Crippen LogP) is 4.64. The molecule has 0 aromatic heterocycles. The minimum absolute atomic E-state index is 0.0809. The fourth-order valence-corrected chi connectivity index (χ4v) is 5.08. The van der Waals surface area contributed by atoms with Crippen molar-refractivity contribution in [1.82, 2.24) is 5.32 Å². The second-order valence-electron chi connectivity index (χ2n) is 8.04. The van der Waals surface area contributed by atoms with E-state index in [1.54, 1.807) is 36.4 Å². The number of anilines is 1. The average molecular weight is 451 g/mol. The Morgan fingerprint density at radius 2 is 1.53 bits per heavy atom. The zero-order valence-corrected chi connectivity index (χ0v) is 19.6. The monoisotopic (exact) mass is 450 g/mol. The minimum Gasteiger partial charge on any atom is -0.352 e. The molecule has 5 nitrogen and oxygen atoms in total. The Hall–Kier alpha value is -3.12. The summed E-state index contributed by atoms with van der Waals surface area (Å²) in [6.45, 7) is 5.46. The Balaban J connectivity index is 1.79. The Labute approximate surface area is 191 Å². The number of nitrogens with zero attached hydrogens (tertiary/aromatic N) is 1. The molecule has 32 heavy (non-hydrogen) atoms. The van der Waals surface area contributed by atoms with Gasteiger partial charge < -0.3 is 5.32 Å². The van der Waals surface area contributed by atoms with Crippen LogP contribution >= 0.6 is 0 Å². The molecule has 6 heteroatoms. The second kappa shape index (κ2) is 10.5. The third-order valence-corrected chi connectivity index (χ3v) is 7.35. The molecule has 3 aromatic rings. The SMILES string of the molecule is Cc1cccc(N(CC(=O)N[C@@H](C)CCc2ccccc2)S(=O)(=O)c2ccccc2)c1C. The largest absolute Gasteiger partial charge is 0.352 e. The topological polar surface area (TPSA) is 66.5 Å². The van der Waals surface area contributed by atoms with Crippen LogP contribution in [-0.4, -0.2) is 26.9 Å². The van der Waals surface area contributed by atoms with Crippen LogP contribution in [0, 0.1) is 13.8 Å². The molecule has 0 saturated carbocycles. The molecule has 0 heterocycles. The van der Waals surface area contributed by atoms with Gasteiger partial charge in [0.2, 0.25) is 5.91 Å². The standard InChI is InChI=1S/C26H30N2O3S/c1-20-11-10-16-25(22(20)3)28(32(30,31)24-14-8-5-9-15-24)19-26(29)27-21(2)17-18-23-12-6-4-7-13-23/h4-16,21H,17-19H2,1-3H3,(H,27,29)/t21-/m0/s1. The maximum atomic E-state index is 13.5. The van der Waals surface area contributed by atoms with Gasteiger partial charge in [-0.3, -0.25) is 9.10 Å². The van der Waals surface area contributed by atoms with Gasteiger partial charge >= 0.3 is 0 Å². The maximum Gasteiger partial charge on any atom is 0.264 e. The Kier molecular flexibility index (Phi) is 7.70. The predicted molar refractivity (Wildman–Crippen MR) is 129 cm³/mol. The van der Waals surface area contributed by atoms with E-state index in [1.807, 2.05) is 51.1 Å². The molecular formula is C26H30N2O3S. The summed E-state index contributed by atoms with van der Waals surface area (Å²) in [5.41, 5.74) is 3.52. The van der Waals surface area contributed by atoms with Gasteiger partial charge in [-0.2, -0.15) is 0 Å². The van der Waals surface area contributed by atoms with Gasteiger partial charge in [0, 0.05) is 6.04 Å². The molecule has 0 aliphatic rings. The lowest BCUT2D eigenvalue weighted by Gasteiger charge is -2.27. The highest BCUT2D eigenvalue weighted by Gasteiger charge is 2.28. The summed E-state index contributed by atoms with van der Waals surface area (Å²) in [5, 5.41) is 2.96. The van der Waals surface area contributed by atoms with Gasteiger partial charge in [0.05, 0.1) is 10.6 Å². The van der Waals surface area contributed by atoms with Crippen molar-refractivity contribution in [3.05, 3.63) is 95.6 Å². The van der Waals surface area contributed by atoms with Crippen molar-refractivity contribution < 1.29 is 13.2 Å². The molecule has 0 radical (unpaired) electrons. The van der Waals surface area contributed by atoms with E-state index in [9.17, 15) is 13.2 Å². The Morgan fingerprint density at radius 1 is 0.906 bits per heavy atom. The molecule has 1 atom stereocenters. The number of hydrogen-bond donors (Lipinski definition) is 1. The second-order valence-corrected chi connectivity index (χ2v) is 9.90. The lowest BCUT2D eigenvalue weighted by atomic mass is 10.1. The summed E-state index contributed by atoms with van der Waals surface area (Å²) in [6.07, 6.45) is 1.61. The summed E-state index contributed by atoms with van der Waals surface area (Å²) in [5.74, 6) is -0.328. The van der Waals surface area contributed by atoms with E-state index in [-0.39, 0.29) is 23.4 Å². The Bertz CT molecular complexity index is 1150. The van der Waals surface area contributed by atoms with Gasteiger partial charge in [-0.25, -0.2) is 8.42 Å². The first-order valence-corrected chi connectivity index (χ1v) is 12.2. The van der Waals surface area contributed by atoms with Crippen LogP contribution in [-0.2, 0) is 21.2 Å². The summed E-state index contributed by atoms with van der Waals surface area (Å²) in [4.78, 5) is 13.1. The molecule has 1 amide bonds. The van der Waals surface area contributed by atoms with E-state index in [2.05, 4.69) is 17.4 Å². The fraction of sp³-hybridized carbons (Fsp3) is 0.269. The van der Waals surface area contributed by atoms with Gasteiger partial charge in [-0.05, 0) is 68.5 Å². The molecule has 3 aromatic carbocycles. The first kappa shape index (κ1) is 23.5. The average Bonchev–Trinajstić information content (AvgIpc) is 2.79. The molecule has 0 unspecified atom stereocenters. The quantitative estimate of drug-likeness (QED) is 0.517. The first-order valence-electron chi connectivity index (χ1n) is 10.8. The molecule has 0 saturated heterocycles. The molecule has 0 bridgehead atoms. The number of amides is 1. The summed E-state index contributed by atoms with van der Waals surface area (Å²) in [6, 6.07) is 23.7. The van der Waals surface area contributed by atoms with Crippen LogP contribution in [0.25, 0.3) is 0 Å². The molecule has 1 N–H and O–H groups in total. The summed E-state index contributed by atoms with van der Waals surface area (Å²) >= 11 is 0. The van der Waals surface area contributed by atoms with Crippen molar-refractivity contribution in [2.75, 3.05) is 10.8 Å². The maximum absolute atomic E-state index is 13.5. The van der Waals surface area contributed by atoms with Crippen LogP contribution in [0.4, 0.5) is 5.69 Å². The smallest absolute Gasteiger partial charge is 0.264 e. The van der Waals surface area contributed by atoms with Gasteiger partial charge in [0.15, 0.2) is 0 Å². The van der Waals surface area contributed by atoms with Crippen molar-refractivity contribution in [1.29, 1.82) is 0 Å². The number of sulfonamides is 1. The highest BCUT2D eigenvalue weighted by Crippen LogP contribution is 2.28. The van der Waals surface area contributed by atoms with E-state index in [1.165, 1.54) is 9.87 Å². The lowest BCUT2D eigenvalue weighted by Crippen LogP contribution is -2.44. The highest BCUT2D eigenvalue weighted by atomic mass is 32.2. The molecule has 0 fully saturated rings. The highest BCUT2D eigenvalue weighted by molar-refractivity contribution is 7.92. The van der Waals surface area contributed by atoms with Crippen LogP contribution in [0.3, 0.4) is 0 Å². The van der Waals surface area contributed by atoms with E-state index >= 15 is 0 Å². The zero-order chi connectivity index (χ0) is 23.1. The van der Waals surface area contributed by atoms with Gasteiger partial charge in [0.25, 0.3) is 10.0 Å². The van der Waals surface area contributed by atoms with Crippen molar-refractivity contribution in [3.63, 3.8) is 0 Å².